The molecule has 0 fully saturated rings. The van der Waals surface area contributed by atoms with Crippen molar-refractivity contribution in [3.05, 3.63) is 117 Å². The third kappa shape index (κ3) is 11.4. The quantitative estimate of drug-likeness (QED) is 0.122. The fourth-order valence-corrected chi connectivity index (χ4v) is 5.22. The molecule has 0 aromatic heterocycles. The van der Waals surface area contributed by atoms with Crippen LogP contribution >= 0.6 is 71.0 Å². The maximum absolute atomic E-state index is 9.27. The Morgan fingerprint density at radius 3 is 2.07 bits per heavy atom. The number of rotatable bonds is 8. The first-order valence-electron chi connectivity index (χ1n) is 12.4. The number of thioether (sulfide) groups is 1. The zero-order valence-corrected chi connectivity index (χ0v) is 26.7. The molecule has 0 heterocycles. The molecule has 0 aliphatic carbocycles. The molecule has 4 aromatic rings. The lowest BCUT2D eigenvalue weighted by Gasteiger charge is -2.12. The number of thiocarbonyl (C=S) groups is 2. The molecule has 42 heavy (non-hydrogen) atoms. The Bertz CT molecular complexity index is 1490. The van der Waals surface area contributed by atoms with E-state index in [9.17, 15) is 10.0 Å². The molecule has 0 radical (unpaired) electrons. The summed E-state index contributed by atoms with van der Waals surface area (Å²) in [6.07, 6.45) is 0. The second-order valence-corrected chi connectivity index (χ2v) is 11.8. The second kappa shape index (κ2) is 17.7. The van der Waals surface area contributed by atoms with Crippen molar-refractivity contribution in [1.82, 2.24) is 0 Å². The third-order valence-electron chi connectivity index (χ3n) is 5.49. The molecule has 0 bridgehead atoms. The van der Waals surface area contributed by atoms with Crippen molar-refractivity contribution in [3.8, 4) is 0 Å². The minimum absolute atomic E-state index is 0.119. The highest BCUT2D eigenvalue weighted by Gasteiger charge is 2.18. The van der Waals surface area contributed by atoms with Crippen LogP contribution in [-0.4, -0.2) is 39.2 Å². The molecule has 14 heteroatoms. The lowest BCUT2D eigenvalue weighted by atomic mass is 9.80. The molecule has 0 saturated carbocycles. The second-order valence-electron chi connectivity index (χ2n) is 8.57. The standard InChI is InChI=1S/C14H12BCl2NO2S2.C14H13BClNO2S/c16-11-7-12(17)13(6-10(11)15(19)20)18-14(21)22-8-9-4-2-1-3-5-9;16-13-7-6-11(8-12(13)15-18)17-14(20)19-9-10-4-2-1-3-5-10/h1-7,19-20H,8H2,(H,18,21);1-8,15,18H,9H2,(H,17,20). The van der Waals surface area contributed by atoms with Gasteiger partial charge in [-0.05, 0) is 59.1 Å². The van der Waals surface area contributed by atoms with Gasteiger partial charge in [0.1, 0.15) is 10.9 Å². The molecule has 0 unspecified atom stereocenters. The molecular weight excluding hydrogens is 653 g/mol. The molecule has 0 aliphatic rings. The summed E-state index contributed by atoms with van der Waals surface area (Å²) >= 11 is 29.8. The monoisotopic (exact) mass is 676 g/mol. The average Bonchev–Trinajstić information content (AvgIpc) is 2.98. The van der Waals surface area contributed by atoms with Gasteiger partial charge in [0.25, 0.3) is 5.17 Å². The van der Waals surface area contributed by atoms with Gasteiger partial charge >= 0.3 is 14.6 Å². The Balaban J connectivity index is 0.000000231. The van der Waals surface area contributed by atoms with Gasteiger partial charge in [0, 0.05) is 26.9 Å². The summed E-state index contributed by atoms with van der Waals surface area (Å²) in [6, 6.07) is 27.9. The Kier molecular flexibility index (Phi) is 14.4. The van der Waals surface area contributed by atoms with E-state index in [1.807, 2.05) is 60.7 Å². The van der Waals surface area contributed by atoms with Gasteiger partial charge in [-0.2, -0.15) is 0 Å². The van der Waals surface area contributed by atoms with E-state index in [1.165, 1.54) is 23.9 Å². The fraction of sp³-hybridized carbons (Fsp3) is 0.0714. The van der Waals surface area contributed by atoms with Crippen LogP contribution in [0.25, 0.3) is 0 Å². The summed E-state index contributed by atoms with van der Waals surface area (Å²) in [5, 5.41) is 35.0. The van der Waals surface area contributed by atoms with Crippen LogP contribution in [0.15, 0.2) is 91.0 Å². The minimum atomic E-state index is -1.67. The summed E-state index contributed by atoms with van der Waals surface area (Å²) < 4.78 is 5.99. The van der Waals surface area contributed by atoms with Crippen molar-refractivity contribution in [2.45, 2.75) is 12.4 Å². The Morgan fingerprint density at radius 1 is 0.810 bits per heavy atom. The SMILES string of the molecule is OB(O)c1cc(NC(=S)SCc2ccccc2)c(Cl)cc1Cl.OBc1cc(NC(=S)OCc2ccccc2)ccc1Cl. The van der Waals surface area contributed by atoms with Gasteiger partial charge in [-0.15, -0.1) is 0 Å². The number of hydrogen-bond donors (Lipinski definition) is 5. The van der Waals surface area contributed by atoms with Gasteiger partial charge < -0.3 is 30.4 Å². The van der Waals surface area contributed by atoms with Crippen LogP contribution in [0, 0.1) is 0 Å². The molecule has 0 saturated heterocycles. The molecule has 0 spiro atoms. The minimum Gasteiger partial charge on any atom is -0.466 e. The van der Waals surface area contributed by atoms with Crippen LogP contribution in [0.5, 0.6) is 0 Å². The van der Waals surface area contributed by atoms with Gasteiger partial charge in [0.05, 0.1) is 10.7 Å². The van der Waals surface area contributed by atoms with Crippen molar-refractivity contribution < 1.29 is 19.8 Å². The normalized spacial score (nSPS) is 10.1. The first-order valence-corrected chi connectivity index (χ1v) is 15.3. The third-order valence-corrected chi connectivity index (χ3v) is 8.02. The van der Waals surface area contributed by atoms with Gasteiger partial charge in [-0.3, -0.25) is 0 Å². The largest absolute Gasteiger partial charge is 0.490 e. The van der Waals surface area contributed by atoms with Gasteiger partial charge in [-0.25, -0.2) is 0 Å². The van der Waals surface area contributed by atoms with E-state index in [1.54, 1.807) is 18.2 Å². The number of nitrogens with one attached hydrogen (secondary N) is 2. The molecule has 5 N–H and O–H groups in total. The van der Waals surface area contributed by atoms with Crippen LogP contribution in [0.1, 0.15) is 11.1 Å². The van der Waals surface area contributed by atoms with Crippen LogP contribution < -0.4 is 21.6 Å². The molecule has 0 atom stereocenters. The van der Waals surface area contributed by atoms with Crippen molar-refractivity contribution in [2.24, 2.45) is 0 Å². The highest BCUT2D eigenvalue weighted by Crippen LogP contribution is 2.26. The van der Waals surface area contributed by atoms with Gasteiger partial charge in [0.15, 0.2) is 0 Å². The topological polar surface area (TPSA) is 94.0 Å². The Morgan fingerprint density at radius 2 is 1.45 bits per heavy atom. The maximum Gasteiger partial charge on any atom is 0.490 e. The fourth-order valence-electron chi connectivity index (χ4n) is 3.38. The van der Waals surface area contributed by atoms with E-state index in [-0.39, 0.29) is 23.1 Å². The van der Waals surface area contributed by atoms with Crippen LogP contribution in [-0.2, 0) is 17.1 Å². The smallest absolute Gasteiger partial charge is 0.466 e. The highest BCUT2D eigenvalue weighted by atomic mass is 35.5. The molecular formula is C28H25B2Cl3N2O4S3. The number of benzene rings is 4. The van der Waals surface area contributed by atoms with Crippen LogP contribution in [0.4, 0.5) is 11.4 Å². The predicted molar refractivity (Wildman–Crippen MR) is 188 cm³/mol. The van der Waals surface area contributed by atoms with Crippen LogP contribution in [0.2, 0.25) is 15.1 Å². The first-order chi connectivity index (χ1) is 20.2. The molecule has 4 rings (SSSR count). The number of halogens is 3. The number of ether oxygens (including phenoxy) is 1. The molecule has 216 valence electrons. The zero-order chi connectivity index (χ0) is 30.5. The molecule has 0 amide bonds. The van der Waals surface area contributed by atoms with Gasteiger partial charge in [0.2, 0.25) is 0 Å². The number of hydrogen-bond acceptors (Lipinski definition) is 7. The summed E-state index contributed by atoms with van der Waals surface area (Å²) in [7, 11) is -1.79. The van der Waals surface area contributed by atoms with E-state index in [2.05, 4.69) is 10.6 Å². The summed E-state index contributed by atoms with van der Waals surface area (Å²) in [6.45, 7) is 0.410. The van der Waals surface area contributed by atoms with Crippen molar-refractivity contribution >= 4 is 117 Å². The van der Waals surface area contributed by atoms with E-state index in [4.69, 9.17) is 69.0 Å². The zero-order valence-electron chi connectivity index (χ0n) is 22.0. The van der Waals surface area contributed by atoms with E-state index in [0.717, 1.165) is 22.6 Å². The molecule has 0 aliphatic heterocycles. The maximum atomic E-state index is 9.27. The summed E-state index contributed by atoms with van der Waals surface area (Å²) in [4.78, 5) is 0. The van der Waals surface area contributed by atoms with E-state index >= 15 is 0 Å². The first kappa shape index (κ1) is 34.2. The summed E-state index contributed by atoms with van der Waals surface area (Å²) in [5.74, 6) is 0.730. The van der Waals surface area contributed by atoms with E-state index in [0.29, 0.717) is 32.1 Å². The summed E-state index contributed by atoms with van der Waals surface area (Å²) in [5.41, 5.74) is 4.23. The lowest BCUT2D eigenvalue weighted by molar-refractivity contribution is 0.300. The van der Waals surface area contributed by atoms with Gasteiger partial charge in [-0.1, -0.05) is 119 Å². The van der Waals surface area contributed by atoms with Crippen molar-refractivity contribution in [1.29, 1.82) is 0 Å². The van der Waals surface area contributed by atoms with Crippen molar-refractivity contribution in [2.75, 3.05) is 10.6 Å². The van der Waals surface area contributed by atoms with E-state index < -0.39 is 7.12 Å². The predicted octanol–water partition coefficient (Wildman–Crippen LogP) is 5.53. The van der Waals surface area contributed by atoms with Crippen molar-refractivity contribution in [3.63, 3.8) is 0 Å². The highest BCUT2D eigenvalue weighted by molar-refractivity contribution is 8.22. The Labute approximate surface area is 275 Å². The Hall–Kier alpha value is -2.31. The van der Waals surface area contributed by atoms with Crippen LogP contribution in [0.3, 0.4) is 0 Å². The number of anilines is 2. The average molecular weight is 678 g/mol. The molecule has 4 aromatic carbocycles. The lowest BCUT2D eigenvalue weighted by Crippen LogP contribution is -2.31. The molecule has 6 nitrogen and oxygen atoms in total.